The number of anilines is 2. The highest BCUT2D eigenvalue weighted by Gasteiger charge is 2.28. The van der Waals surface area contributed by atoms with E-state index in [0.717, 1.165) is 11.8 Å². The molecule has 0 unspecified atom stereocenters. The van der Waals surface area contributed by atoms with Crippen LogP contribution in [-0.4, -0.2) is 40.6 Å². The van der Waals surface area contributed by atoms with Gasteiger partial charge in [0.25, 0.3) is 5.91 Å². The third-order valence-electron chi connectivity index (χ3n) is 4.79. The average Bonchev–Trinajstić information content (AvgIpc) is 2.61. The van der Waals surface area contributed by atoms with Gasteiger partial charge >= 0.3 is 6.09 Å². The lowest BCUT2D eigenvalue weighted by molar-refractivity contribution is 0.102. The summed E-state index contributed by atoms with van der Waals surface area (Å²) in [6, 6.07) is 10.9. The van der Waals surface area contributed by atoms with Crippen LogP contribution in [-0.2, 0) is 0 Å². The molecule has 2 aromatic rings. The molecule has 0 aliphatic carbocycles. The summed E-state index contributed by atoms with van der Waals surface area (Å²) in [7, 11) is 0. The van der Waals surface area contributed by atoms with Crippen molar-refractivity contribution in [3.63, 3.8) is 0 Å². The molecular weight excluding hydrogens is 385 g/mol. The first-order valence-corrected chi connectivity index (χ1v) is 9.34. The fourth-order valence-electron chi connectivity index (χ4n) is 3.38. The van der Waals surface area contributed by atoms with Crippen LogP contribution in [0.1, 0.15) is 30.1 Å². The van der Waals surface area contributed by atoms with Crippen molar-refractivity contribution in [3.8, 4) is 0 Å². The minimum atomic E-state index is -0.893. The van der Waals surface area contributed by atoms with E-state index in [1.807, 2.05) is 13.0 Å². The lowest BCUT2D eigenvalue weighted by atomic mass is 9.98. The van der Waals surface area contributed by atoms with Crippen molar-refractivity contribution in [2.45, 2.75) is 31.8 Å². The second kappa shape index (κ2) is 8.48. The third kappa shape index (κ3) is 4.72. The van der Waals surface area contributed by atoms with Gasteiger partial charge < -0.3 is 20.6 Å². The molecule has 3 rings (SSSR count). The van der Waals surface area contributed by atoms with Crippen LogP contribution in [0.3, 0.4) is 0 Å². The standard InChI is InChI=1S/C20H21ClFN3O3/c1-12-9-16(7-8-25(12)20(27)28)23-14-3-2-4-15(11-14)24-19(26)17-6-5-13(22)10-18(17)21/h2-6,10-12,16,23H,7-9H2,1H3,(H,24,26)(H,27,28)/t12-,16-/m0/s1. The molecule has 0 saturated carbocycles. The number of piperidine rings is 1. The van der Waals surface area contributed by atoms with Gasteiger partial charge in [0.05, 0.1) is 10.6 Å². The summed E-state index contributed by atoms with van der Waals surface area (Å²) in [4.78, 5) is 25.0. The number of rotatable bonds is 4. The van der Waals surface area contributed by atoms with Crippen LogP contribution >= 0.6 is 11.6 Å². The third-order valence-corrected chi connectivity index (χ3v) is 5.10. The SMILES string of the molecule is C[C@H]1C[C@@H](Nc2cccc(NC(=O)c3ccc(F)cc3Cl)c2)CCN1C(=O)O. The van der Waals surface area contributed by atoms with Crippen molar-refractivity contribution in [1.29, 1.82) is 0 Å². The summed E-state index contributed by atoms with van der Waals surface area (Å²) < 4.78 is 13.1. The number of carbonyl (C=O) groups excluding carboxylic acids is 1. The van der Waals surface area contributed by atoms with Crippen LogP contribution in [0.5, 0.6) is 0 Å². The van der Waals surface area contributed by atoms with Gasteiger partial charge in [0, 0.05) is 30.0 Å². The van der Waals surface area contributed by atoms with Crippen molar-refractivity contribution in [2.24, 2.45) is 0 Å². The Kier molecular flexibility index (Phi) is 6.04. The molecule has 1 aliphatic rings. The molecule has 2 aromatic carbocycles. The quantitative estimate of drug-likeness (QED) is 0.690. The minimum absolute atomic E-state index is 0.0472. The van der Waals surface area contributed by atoms with Crippen LogP contribution in [0, 0.1) is 5.82 Å². The molecule has 28 heavy (non-hydrogen) atoms. The van der Waals surface area contributed by atoms with E-state index in [2.05, 4.69) is 10.6 Å². The maximum atomic E-state index is 13.1. The molecule has 0 aromatic heterocycles. The predicted molar refractivity (Wildman–Crippen MR) is 107 cm³/mol. The van der Waals surface area contributed by atoms with Gasteiger partial charge in [0.1, 0.15) is 5.82 Å². The van der Waals surface area contributed by atoms with Crippen LogP contribution in [0.15, 0.2) is 42.5 Å². The zero-order valence-corrected chi connectivity index (χ0v) is 16.0. The Morgan fingerprint density at radius 2 is 1.96 bits per heavy atom. The predicted octanol–water partition coefficient (Wildman–Crippen LogP) is 4.67. The second-order valence-corrected chi connectivity index (χ2v) is 7.26. The summed E-state index contributed by atoms with van der Waals surface area (Å²) in [5.74, 6) is -0.929. The number of benzene rings is 2. The number of nitrogens with one attached hydrogen (secondary N) is 2. The Labute approximate surface area is 167 Å². The number of carbonyl (C=O) groups is 2. The molecule has 148 valence electrons. The monoisotopic (exact) mass is 405 g/mol. The fraction of sp³-hybridized carbons (Fsp3) is 0.300. The molecular formula is C20H21ClFN3O3. The number of hydrogen-bond acceptors (Lipinski definition) is 3. The Bertz CT molecular complexity index is 893. The van der Waals surface area contributed by atoms with Gasteiger partial charge in [0.15, 0.2) is 0 Å². The number of likely N-dealkylation sites (tertiary alicyclic amines) is 1. The first-order chi connectivity index (χ1) is 13.3. The molecule has 3 N–H and O–H groups in total. The number of halogens is 2. The highest BCUT2D eigenvalue weighted by molar-refractivity contribution is 6.34. The van der Waals surface area contributed by atoms with Crippen molar-refractivity contribution in [1.82, 2.24) is 4.90 Å². The Morgan fingerprint density at radius 3 is 2.64 bits per heavy atom. The van der Waals surface area contributed by atoms with Gasteiger partial charge in [0.2, 0.25) is 0 Å². The van der Waals surface area contributed by atoms with E-state index in [1.165, 1.54) is 17.0 Å². The topological polar surface area (TPSA) is 81.7 Å². The average molecular weight is 406 g/mol. The normalized spacial score (nSPS) is 19.2. The first kappa shape index (κ1) is 19.9. The van der Waals surface area contributed by atoms with E-state index >= 15 is 0 Å². The zero-order chi connectivity index (χ0) is 20.3. The number of hydrogen-bond donors (Lipinski definition) is 3. The van der Waals surface area contributed by atoms with Crippen molar-refractivity contribution in [2.75, 3.05) is 17.2 Å². The molecule has 0 bridgehead atoms. The molecule has 2 amide bonds. The van der Waals surface area contributed by atoms with Crippen LogP contribution < -0.4 is 10.6 Å². The largest absolute Gasteiger partial charge is 0.465 e. The molecule has 1 saturated heterocycles. The summed E-state index contributed by atoms with van der Waals surface area (Å²) in [6.45, 7) is 2.37. The maximum absolute atomic E-state index is 13.1. The Hall–Kier alpha value is -2.80. The van der Waals surface area contributed by atoms with Crippen molar-refractivity contribution < 1.29 is 19.1 Å². The number of carboxylic acid groups (broad SMARTS) is 1. The van der Waals surface area contributed by atoms with Gasteiger partial charge in [-0.1, -0.05) is 17.7 Å². The molecule has 1 fully saturated rings. The van der Waals surface area contributed by atoms with E-state index in [1.54, 1.807) is 18.2 Å². The smallest absolute Gasteiger partial charge is 0.407 e. The Balaban J connectivity index is 1.64. The fourth-order valence-corrected chi connectivity index (χ4v) is 3.63. The van der Waals surface area contributed by atoms with Crippen molar-refractivity contribution in [3.05, 3.63) is 58.9 Å². The summed E-state index contributed by atoms with van der Waals surface area (Å²) >= 11 is 5.94. The van der Waals surface area contributed by atoms with Crippen LogP contribution in [0.2, 0.25) is 5.02 Å². The summed E-state index contributed by atoms with van der Waals surface area (Å²) in [5, 5.41) is 15.4. The lowest BCUT2D eigenvalue weighted by Gasteiger charge is -2.36. The summed E-state index contributed by atoms with van der Waals surface area (Å²) in [6.07, 6.45) is 0.516. The minimum Gasteiger partial charge on any atom is -0.465 e. The molecule has 2 atom stereocenters. The van der Waals surface area contributed by atoms with Gasteiger partial charge in [-0.25, -0.2) is 9.18 Å². The van der Waals surface area contributed by atoms with E-state index in [9.17, 15) is 14.0 Å². The van der Waals surface area contributed by atoms with Crippen LogP contribution in [0.4, 0.5) is 20.6 Å². The van der Waals surface area contributed by atoms with Gasteiger partial charge in [-0.2, -0.15) is 0 Å². The highest BCUT2D eigenvalue weighted by Crippen LogP contribution is 2.24. The van der Waals surface area contributed by atoms with E-state index in [-0.39, 0.29) is 22.7 Å². The van der Waals surface area contributed by atoms with Crippen molar-refractivity contribution >= 4 is 35.0 Å². The Morgan fingerprint density at radius 1 is 1.21 bits per heavy atom. The van der Waals surface area contributed by atoms with E-state index < -0.39 is 17.8 Å². The van der Waals surface area contributed by atoms with Gasteiger partial charge in [-0.05, 0) is 56.2 Å². The highest BCUT2D eigenvalue weighted by atomic mass is 35.5. The zero-order valence-electron chi connectivity index (χ0n) is 15.3. The number of amides is 2. The number of nitrogens with zero attached hydrogens (tertiary/aromatic N) is 1. The summed E-state index contributed by atoms with van der Waals surface area (Å²) in [5.41, 5.74) is 1.59. The molecule has 8 heteroatoms. The first-order valence-electron chi connectivity index (χ1n) is 8.96. The van der Waals surface area contributed by atoms with Gasteiger partial charge in [-0.15, -0.1) is 0 Å². The molecule has 1 aliphatic heterocycles. The molecule has 0 spiro atoms. The van der Waals surface area contributed by atoms with Crippen LogP contribution in [0.25, 0.3) is 0 Å². The second-order valence-electron chi connectivity index (χ2n) is 6.85. The maximum Gasteiger partial charge on any atom is 0.407 e. The van der Waals surface area contributed by atoms with E-state index in [4.69, 9.17) is 16.7 Å². The molecule has 0 radical (unpaired) electrons. The van der Waals surface area contributed by atoms with E-state index in [0.29, 0.717) is 25.1 Å². The molecule has 1 heterocycles. The van der Waals surface area contributed by atoms with Gasteiger partial charge in [-0.3, -0.25) is 4.79 Å². The molecule has 6 nitrogen and oxygen atoms in total. The lowest BCUT2D eigenvalue weighted by Crippen LogP contribution is -2.47.